The number of carbonyl (C=O) groups is 2. The Labute approximate surface area is 161 Å². The molecule has 0 bridgehead atoms. The van der Waals surface area contributed by atoms with Crippen molar-refractivity contribution in [3.05, 3.63) is 41.2 Å². The highest BCUT2D eigenvalue weighted by molar-refractivity contribution is 6.34. The first kappa shape index (κ1) is 17.5. The van der Waals surface area contributed by atoms with Gasteiger partial charge in [-0.05, 0) is 31.0 Å². The van der Waals surface area contributed by atoms with Gasteiger partial charge in [-0.1, -0.05) is 17.7 Å². The summed E-state index contributed by atoms with van der Waals surface area (Å²) in [7, 11) is 0. The van der Waals surface area contributed by atoms with Crippen LogP contribution in [0.5, 0.6) is 0 Å². The lowest BCUT2D eigenvalue weighted by Gasteiger charge is -2.17. The Hall–Kier alpha value is -2.87. The second-order valence-corrected chi connectivity index (χ2v) is 6.86. The zero-order valence-corrected chi connectivity index (χ0v) is 15.4. The van der Waals surface area contributed by atoms with E-state index in [1.807, 2.05) is 11.0 Å². The average Bonchev–Trinajstić information content (AvgIpc) is 3.34. The van der Waals surface area contributed by atoms with Crippen LogP contribution in [0.2, 0.25) is 5.02 Å². The van der Waals surface area contributed by atoms with Gasteiger partial charge in [-0.15, -0.1) is 0 Å². The molecule has 1 aromatic carbocycles. The van der Waals surface area contributed by atoms with Crippen LogP contribution >= 0.6 is 11.6 Å². The van der Waals surface area contributed by atoms with Gasteiger partial charge in [0.15, 0.2) is 5.69 Å². The molecule has 27 heavy (non-hydrogen) atoms. The molecule has 2 N–H and O–H groups in total. The fraction of sp³-hybridized carbons (Fsp3) is 0.333. The zero-order chi connectivity index (χ0) is 18.8. The summed E-state index contributed by atoms with van der Waals surface area (Å²) in [6.45, 7) is 2.95. The Balaban J connectivity index is 1.54. The van der Waals surface area contributed by atoms with E-state index in [1.165, 1.54) is 6.20 Å². The van der Waals surface area contributed by atoms with E-state index in [0.717, 1.165) is 25.9 Å². The molecule has 1 aromatic heterocycles. The van der Waals surface area contributed by atoms with Gasteiger partial charge in [0.1, 0.15) is 0 Å². The number of aromatic nitrogens is 2. The summed E-state index contributed by atoms with van der Waals surface area (Å²) in [6.07, 6.45) is 3.64. The second kappa shape index (κ2) is 7.40. The summed E-state index contributed by atoms with van der Waals surface area (Å²) in [4.78, 5) is 36.8. The van der Waals surface area contributed by atoms with E-state index in [0.29, 0.717) is 30.4 Å². The van der Waals surface area contributed by atoms with Crippen LogP contribution in [-0.2, 0) is 0 Å². The molecule has 4 rings (SSSR count). The van der Waals surface area contributed by atoms with Gasteiger partial charge in [-0.25, -0.2) is 14.8 Å². The lowest BCUT2D eigenvalue weighted by atomic mass is 10.2. The van der Waals surface area contributed by atoms with Crippen molar-refractivity contribution >= 4 is 40.9 Å². The second-order valence-electron chi connectivity index (χ2n) is 6.45. The number of benzene rings is 1. The van der Waals surface area contributed by atoms with Crippen molar-refractivity contribution in [2.24, 2.45) is 0 Å². The van der Waals surface area contributed by atoms with E-state index >= 15 is 0 Å². The Morgan fingerprint density at radius 3 is 2.78 bits per heavy atom. The zero-order valence-electron chi connectivity index (χ0n) is 14.6. The van der Waals surface area contributed by atoms with Crippen LogP contribution in [0.25, 0.3) is 0 Å². The van der Waals surface area contributed by atoms with Gasteiger partial charge in [0.2, 0.25) is 5.95 Å². The minimum atomic E-state index is -0.411. The van der Waals surface area contributed by atoms with Crippen LogP contribution in [0, 0.1) is 0 Å². The number of rotatable bonds is 4. The lowest BCUT2D eigenvalue weighted by molar-refractivity contribution is 0.102. The minimum Gasteiger partial charge on any atom is -0.341 e. The van der Waals surface area contributed by atoms with Gasteiger partial charge < -0.3 is 15.5 Å². The summed E-state index contributed by atoms with van der Waals surface area (Å²) in [5, 5.41) is 5.76. The minimum absolute atomic E-state index is 0.137. The fourth-order valence-electron chi connectivity index (χ4n) is 3.25. The smallest absolute Gasteiger partial charge is 0.321 e. The molecule has 0 atom stereocenters. The van der Waals surface area contributed by atoms with Gasteiger partial charge in [0.25, 0.3) is 5.91 Å². The van der Waals surface area contributed by atoms with Crippen molar-refractivity contribution in [2.45, 2.75) is 12.8 Å². The molecule has 2 fully saturated rings. The number of nitrogens with one attached hydrogen (secondary N) is 2. The molecule has 0 radical (unpaired) electrons. The molecule has 0 aliphatic carbocycles. The van der Waals surface area contributed by atoms with Crippen LogP contribution in [0.4, 0.5) is 22.1 Å². The van der Waals surface area contributed by atoms with Crippen LogP contribution in [0.3, 0.4) is 0 Å². The van der Waals surface area contributed by atoms with Crippen molar-refractivity contribution in [1.29, 1.82) is 0 Å². The Kier molecular flexibility index (Phi) is 4.81. The maximum absolute atomic E-state index is 12.7. The maximum Gasteiger partial charge on any atom is 0.321 e. The number of hydrogen-bond donors (Lipinski definition) is 2. The van der Waals surface area contributed by atoms with E-state index in [4.69, 9.17) is 11.6 Å². The molecule has 0 unspecified atom stereocenters. The van der Waals surface area contributed by atoms with Gasteiger partial charge in [-0.2, -0.15) is 0 Å². The van der Waals surface area contributed by atoms with E-state index in [1.54, 1.807) is 23.1 Å². The number of nitrogens with zero attached hydrogens (tertiary/aromatic N) is 4. The summed E-state index contributed by atoms with van der Waals surface area (Å²) < 4.78 is 0. The molecule has 2 saturated heterocycles. The monoisotopic (exact) mass is 386 g/mol. The average molecular weight is 387 g/mol. The number of amides is 3. The molecule has 0 saturated carbocycles. The molecule has 3 heterocycles. The number of anilines is 3. The van der Waals surface area contributed by atoms with E-state index in [-0.39, 0.29) is 16.7 Å². The van der Waals surface area contributed by atoms with E-state index in [9.17, 15) is 9.59 Å². The summed E-state index contributed by atoms with van der Waals surface area (Å²) >= 11 is 6.15. The van der Waals surface area contributed by atoms with Crippen molar-refractivity contribution in [3.63, 3.8) is 0 Å². The quantitative estimate of drug-likeness (QED) is 0.842. The summed E-state index contributed by atoms with van der Waals surface area (Å²) in [5.74, 6) is 0.107. The van der Waals surface area contributed by atoms with Crippen LogP contribution in [0.15, 0.2) is 30.5 Å². The highest BCUT2D eigenvalue weighted by Crippen LogP contribution is 2.23. The molecule has 8 nitrogen and oxygen atoms in total. The first-order chi connectivity index (χ1) is 13.1. The van der Waals surface area contributed by atoms with Crippen molar-refractivity contribution in [2.75, 3.05) is 41.3 Å². The largest absolute Gasteiger partial charge is 0.341 e. The van der Waals surface area contributed by atoms with Gasteiger partial charge in [0, 0.05) is 37.6 Å². The molecular weight excluding hydrogens is 368 g/mol. The van der Waals surface area contributed by atoms with Crippen LogP contribution in [-0.4, -0.2) is 48.1 Å². The SMILES string of the molecule is O=C(Nc1cccc(N2CCNC2=O)c1)c1nc(N2CCCC2)ncc1Cl. The molecule has 2 aliphatic heterocycles. The molecule has 2 aromatic rings. The first-order valence-electron chi connectivity index (χ1n) is 8.86. The van der Waals surface area contributed by atoms with Gasteiger partial charge in [-0.3, -0.25) is 9.69 Å². The maximum atomic E-state index is 12.7. The predicted octanol–water partition coefficient (Wildman–Crippen LogP) is 2.51. The van der Waals surface area contributed by atoms with Crippen molar-refractivity contribution in [3.8, 4) is 0 Å². The molecule has 140 valence electrons. The van der Waals surface area contributed by atoms with Gasteiger partial charge in [0.05, 0.1) is 11.2 Å². The van der Waals surface area contributed by atoms with Crippen molar-refractivity contribution < 1.29 is 9.59 Å². The van der Waals surface area contributed by atoms with Crippen LogP contribution < -0.4 is 20.4 Å². The third-order valence-corrected chi connectivity index (χ3v) is 4.88. The lowest BCUT2D eigenvalue weighted by Crippen LogP contribution is -2.27. The fourth-order valence-corrected chi connectivity index (χ4v) is 3.42. The number of carbonyl (C=O) groups excluding carboxylic acids is 2. The highest BCUT2D eigenvalue weighted by Gasteiger charge is 2.22. The molecule has 0 spiro atoms. The van der Waals surface area contributed by atoms with Gasteiger partial charge >= 0.3 is 6.03 Å². The molecule has 3 amide bonds. The van der Waals surface area contributed by atoms with Crippen molar-refractivity contribution in [1.82, 2.24) is 15.3 Å². The first-order valence-corrected chi connectivity index (χ1v) is 9.24. The third-order valence-electron chi connectivity index (χ3n) is 4.61. The highest BCUT2D eigenvalue weighted by atomic mass is 35.5. The topological polar surface area (TPSA) is 90.5 Å². The Morgan fingerprint density at radius 1 is 1.22 bits per heavy atom. The molecular formula is C18H19ClN6O2. The normalized spacial score (nSPS) is 16.6. The number of halogens is 1. The Bertz CT molecular complexity index is 884. The Morgan fingerprint density at radius 2 is 2.04 bits per heavy atom. The predicted molar refractivity (Wildman–Crippen MR) is 104 cm³/mol. The standard InChI is InChI=1S/C18H19ClN6O2/c19-14-11-21-17(24-7-1-2-8-24)23-15(14)16(26)22-12-4-3-5-13(10-12)25-9-6-20-18(25)27/h3-5,10-11H,1-2,6-9H2,(H,20,27)(H,22,26). The molecule has 2 aliphatic rings. The number of urea groups is 1. The van der Waals surface area contributed by atoms with E-state index < -0.39 is 5.91 Å². The van der Waals surface area contributed by atoms with Crippen LogP contribution in [0.1, 0.15) is 23.3 Å². The summed E-state index contributed by atoms with van der Waals surface area (Å²) in [6, 6.07) is 6.97. The molecule has 9 heteroatoms. The number of hydrogen-bond acceptors (Lipinski definition) is 5. The third kappa shape index (κ3) is 3.66. The van der Waals surface area contributed by atoms with E-state index in [2.05, 4.69) is 20.6 Å². The summed E-state index contributed by atoms with van der Waals surface area (Å²) in [5.41, 5.74) is 1.42.